The fraction of sp³-hybridized carbons (Fsp3) is 0.111. The second kappa shape index (κ2) is 3.61. The van der Waals surface area contributed by atoms with Gasteiger partial charge in [-0.15, -0.1) is 0 Å². The third-order valence-electron chi connectivity index (χ3n) is 2.07. The number of ether oxygens (including phenoxy) is 1. The number of nitrogens with zero attached hydrogens (tertiary/aromatic N) is 3. The third kappa shape index (κ3) is 1.48. The molecule has 0 amide bonds. The van der Waals surface area contributed by atoms with E-state index in [9.17, 15) is 15.2 Å². The van der Waals surface area contributed by atoms with Crippen LogP contribution in [-0.2, 0) is 0 Å². The van der Waals surface area contributed by atoms with Gasteiger partial charge in [0, 0.05) is 6.07 Å². The van der Waals surface area contributed by atoms with E-state index in [-0.39, 0.29) is 5.52 Å². The minimum atomic E-state index is -0.715. The van der Waals surface area contributed by atoms with Crippen LogP contribution in [0, 0.1) is 10.1 Å². The van der Waals surface area contributed by atoms with Crippen molar-refractivity contribution >= 4 is 16.7 Å². The Kier molecular flexibility index (Phi) is 2.28. The minimum absolute atomic E-state index is 0.0787. The molecule has 0 bridgehead atoms. The summed E-state index contributed by atoms with van der Waals surface area (Å²) in [5, 5.41) is 20.1. The molecule has 0 spiro atoms. The Bertz CT molecular complexity index is 570. The second-order valence-corrected chi connectivity index (χ2v) is 2.99. The molecule has 0 radical (unpaired) electrons. The van der Waals surface area contributed by atoms with Crippen molar-refractivity contribution in [3.8, 4) is 11.5 Å². The summed E-state index contributed by atoms with van der Waals surface area (Å²) >= 11 is 0. The third-order valence-corrected chi connectivity index (χ3v) is 2.07. The Hall–Kier alpha value is -2.44. The number of hydrogen-bond donors (Lipinski definition) is 1. The van der Waals surface area contributed by atoms with Crippen LogP contribution in [0.25, 0.3) is 11.0 Å². The first kappa shape index (κ1) is 10.1. The van der Waals surface area contributed by atoms with Crippen LogP contribution in [0.5, 0.6) is 11.5 Å². The lowest BCUT2D eigenvalue weighted by molar-refractivity contribution is -0.386. The molecule has 7 nitrogen and oxygen atoms in total. The van der Waals surface area contributed by atoms with E-state index in [0.717, 1.165) is 6.20 Å². The highest BCUT2D eigenvalue weighted by Crippen LogP contribution is 2.31. The van der Waals surface area contributed by atoms with E-state index in [1.165, 1.54) is 19.4 Å². The number of fused-ring (bicyclic) bond motifs is 1. The zero-order valence-electron chi connectivity index (χ0n) is 8.25. The van der Waals surface area contributed by atoms with Crippen molar-refractivity contribution in [3.05, 3.63) is 28.6 Å². The summed E-state index contributed by atoms with van der Waals surface area (Å²) in [4.78, 5) is 17.5. The van der Waals surface area contributed by atoms with Gasteiger partial charge in [0.2, 0.25) is 5.75 Å². The maximum Gasteiger partial charge on any atom is 0.331 e. The molecule has 0 aliphatic rings. The maximum absolute atomic E-state index is 10.5. The summed E-state index contributed by atoms with van der Waals surface area (Å²) in [5.41, 5.74) is -0.0531. The van der Waals surface area contributed by atoms with Gasteiger partial charge in [-0.25, -0.2) is 9.97 Å². The fourth-order valence-corrected chi connectivity index (χ4v) is 1.27. The Labute approximate surface area is 89.5 Å². The standard InChI is InChI=1S/C9H7N3O4/c1-16-5-2-6-8(11-3-5)9(13)7(4-10-6)12(14)15/h2-4H,1H3,(H,10,13). The van der Waals surface area contributed by atoms with Crippen molar-refractivity contribution in [3.63, 3.8) is 0 Å². The number of rotatable bonds is 2. The van der Waals surface area contributed by atoms with Gasteiger partial charge in [0.1, 0.15) is 17.5 Å². The quantitative estimate of drug-likeness (QED) is 0.605. The number of pyridine rings is 2. The van der Waals surface area contributed by atoms with Crippen LogP contribution in [0.15, 0.2) is 18.5 Å². The van der Waals surface area contributed by atoms with Gasteiger partial charge in [-0.2, -0.15) is 0 Å². The number of methoxy groups -OCH3 is 1. The monoisotopic (exact) mass is 221 g/mol. The molecule has 7 heteroatoms. The molecule has 2 rings (SSSR count). The first-order valence-electron chi connectivity index (χ1n) is 4.29. The van der Waals surface area contributed by atoms with E-state index < -0.39 is 16.4 Å². The van der Waals surface area contributed by atoms with Gasteiger partial charge in [0.25, 0.3) is 0 Å². The Morgan fingerprint density at radius 2 is 2.19 bits per heavy atom. The average Bonchev–Trinajstić information content (AvgIpc) is 2.28. The lowest BCUT2D eigenvalue weighted by Crippen LogP contribution is -1.93. The van der Waals surface area contributed by atoms with Crippen LogP contribution in [0.3, 0.4) is 0 Å². The number of aromatic hydroxyl groups is 1. The summed E-state index contributed by atoms with van der Waals surface area (Å²) in [6.45, 7) is 0. The zero-order chi connectivity index (χ0) is 11.7. The summed E-state index contributed by atoms with van der Waals surface area (Å²) in [7, 11) is 1.47. The molecule has 0 aliphatic heterocycles. The van der Waals surface area contributed by atoms with E-state index >= 15 is 0 Å². The van der Waals surface area contributed by atoms with Gasteiger partial charge in [-0.1, -0.05) is 0 Å². The average molecular weight is 221 g/mol. The molecule has 2 aromatic rings. The predicted octanol–water partition coefficient (Wildman–Crippen LogP) is 1.25. The highest BCUT2D eigenvalue weighted by molar-refractivity contribution is 5.84. The van der Waals surface area contributed by atoms with Crippen LogP contribution in [0.4, 0.5) is 5.69 Å². The van der Waals surface area contributed by atoms with Crippen LogP contribution in [0.1, 0.15) is 0 Å². The van der Waals surface area contributed by atoms with Crippen molar-refractivity contribution in [2.75, 3.05) is 7.11 Å². The molecule has 82 valence electrons. The Morgan fingerprint density at radius 3 is 2.81 bits per heavy atom. The number of aromatic nitrogens is 2. The molecule has 1 N–H and O–H groups in total. The van der Waals surface area contributed by atoms with Gasteiger partial charge < -0.3 is 9.84 Å². The smallest absolute Gasteiger partial charge is 0.331 e. The molecular formula is C9H7N3O4. The molecule has 0 saturated heterocycles. The molecule has 0 saturated carbocycles. The van der Waals surface area contributed by atoms with Crippen LogP contribution in [0.2, 0.25) is 0 Å². The lowest BCUT2D eigenvalue weighted by atomic mass is 10.2. The molecule has 2 aromatic heterocycles. The summed E-state index contributed by atoms with van der Waals surface area (Å²) in [6.07, 6.45) is 2.34. The van der Waals surface area contributed by atoms with Crippen molar-refractivity contribution in [2.24, 2.45) is 0 Å². The molecule has 0 aliphatic carbocycles. The highest BCUT2D eigenvalue weighted by Gasteiger charge is 2.18. The molecular weight excluding hydrogens is 214 g/mol. The van der Waals surface area contributed by atoms with Crippen molar-refractivity contribution in [1.82, 2.24) is 9.97 Å². The van der Waals surface area contributed by atoms with E-state index in [4.69, 9.17) is 4.74 Å². The largest absolute Gasteiger partial charge is 0.500 e. The van der Waals surface area contributed by atoms with Crippen molar-refractivity contribution < 1.29 is 14.8 Å². The fourth-order valence-electron chi connectivity index (χ4n) is 1.27. The van der Waals surface area contributed by atoms with E-state index in [0.29, 0.717) is 11.3 Å². The molecule has 0 aromatic carbocycles. The predicted molar refractivity (Wildman–Crippen MR) is 54.4 cm³/mol. The summed E-state index contributed by atoms with van der Waals surface area (Å²) in [5.74, 6) is -0.0223. The highest BCUT2D eigenvalue weighted by atomic mass is 16.6. The number of hydrogen-bond acceptors (Lipinski definition) is 6. The topological polar surface area (TPSA) is 98.4 Å². The van der Waals surface area contributed by atoms with E-state index in [2.05, 4.69) is 9.97 Å². The van der Waals surface area contributed by atoms with Gasteiger partial charge in [0.05, 0.1) is 23.7 Å². The van der Waals surface area contributed by atoms with Gasteiger partial charge in [0.15, 0.2) is 0 Å². The van der Waals surface area contributed by atoms with Crippen molar-refractivity contribution in [2.45, 2.75) is 0 Å². The lowest BCUT2D eigenvalue weighted by Gasteiger charge is -2.02. The maximum atomic E-state index is 10.5. The normalized spacial score (nSPS) is 10.3. The van der Waals surface area contributed by atoms with Crippen LogP contribution in [-0.4, -0.2) is 27.1 Å². The van der Waals surface area contributed by atoms with Crippen LogP contribution >= 0.6 is 0 Å². The molecule has 0 fully saturated rings. The second-order valence-electron chi connectivity index (χ2n) is 2.99. The SMILES string of the molecule is COc1cnc2c(O)c([N+](=O)[O-])cnc2c1. The molecule has 2 heterocycles. The Morgan fingerprint density at radius 1 is 1.44 bits per heavy atom. The van der Waals surface area contributed by atoms with Crippen LogP contribution < -0.4 is 4.74 Å². The number of nitro groups is 1. The molecule has 16 heavy (non-hydrogen) atoms. The van der Waals surface area contributed by atoms with E-state index in [1.54, 1.807) is 0 Å². The Balaban J connectivity index is 2.71. The minimum Gasteiger partial charge on any atom is -0.500 e. The zero-order valence-corrected chi connectivity index (χ0v) is 8.25. The summed E-state index contributed by atoms with van der Waals surface area (Å²) in [6, 6.07) is 1.53. The van der Waals surface area contributed by atoms with Gasteiger partial charge in [-0.3, -0.25) is 10.1 Å². The summed E-state index contributed by atoms with van der Waals surface area (Å²) < 4.78 is 4.92. The first-order chi connectivity index (χ1) is 7.63. The first-order valence-corrected chi connectivity index (χ1v) is 4.29. The molecule has 0 unspecified atom stereocenters. The van der Waals surface area contributed by atoms with Gasteiger partial charge in [-0.05, 0) is 0 Å². The van der Waals surface area contributed by atoms with E-state index in [1.807, 2.05) is 0 Å². The van der Waals surface area contributed by atoms with Gasteiger partial charge >= 0.3 is 5.69 Å². The van der Waals surface area contributed by atoms with Crippen molar-refractivity contribution in [1.29, 1.82) is 0 Å². The molecule has 0 atom stereocenters.